The van der Waals surface area contributed by atoms with Crippen molar-refractivity contribution in [2.24, 2.45) is 5.92 Å². The molecule has 30 heavy (non-hydrogen) atoms. The number of rotatable bonds is 10. The lowest BCUT2D eigenvalue weighted by atomic mass is 9.76. The van der Waals surface area contributed by atoms with Gasteiger partial charge in [-0.3, -0.25) is 0 Å². The molecule has 164 valence electrons. The van der Waals surface area contributed by atoms with Gasteiger partial charge in [0.25, 0.3) is 0 Å². The molecule has 2 aromatic rings. The van der Waals surface area contributed by atoms with E-state index in [1.54, 1.807) is 5.56 Å². The van der Waals surface area contributed by atoms with E-state index in [1.807, 2.05) is 0 Å². The molecule has 1 saturated carbocycles. The molecule has 1 aliphatic rings. The van der Waals surface area contributed by atoms with Crippen molar-refractivity contribution < 1.29 is 0 Å². The molecule has 0 aromatic heterocycles. The highest BCUT2D eigenvalue weighted by Crippen LogP contribution is 2.39. The van der Waals surface area contributed by atoms with Gasteiger partial charge >= 0.3 is 0 Å². The molecule has 0 spiro atoms. The lowest BCUT2D eigenvalue weighted by Gasteiger charge is -2.30. The standard InChI is InChI=1S/C29H43N/c1-5-7-9-10-24-11-13-25(14-12-24)28-17-15-26(20-22(28)3)27-16-18-29(23(4)21-27)30-19-8-6-2/h15-18,20-21,24-25,30H,5-14,19H2,1-4H3. The Morgan fingerprint density at radius 2 is 1.43 bits per heavy atom. The molecular weight excluding hydrogens is 362 g/mol. The number of anilines is 1. The summed E-state index contributed by atoms with van der Waals surface area (Å²) in [5.74, 6) is 1.76. The predicted molar refractivity (Wildman–Crippen MR) is 134 cm³/mol. The molecule has 3 rings (SSSR count). The first kappa shape index (κ1) is 22.9. The first-order valence-electron chi connectivity index (χ1n) is 12.6. The highest BCUT2D eigenvalue weighted by Gasteiger charge is 2.23. The number of hydrogen-bond acceptors (Lipinski definition) is 1. The Kier molecular flexibility index (Phi) is 8.85. The molecule has 1 aliphatic carbocycles. The third-order valence-electron chi connectivity index (χ3n) is 7.18. The molecule has 0 saturated heterocycles. The van der Waals surface area contributed by atoms with E-state index < -0.39 is 0 Å². The Labute approximate surface area is 185 Å². The molecular formula is C29H43N. The topological polar surface area (TPSA) is 12.0 Å². The minimum atomic E-state index is 0.772. The van der Waals surface area contributed by atoms with E-state index in [4.69, 9.17) is 0 Å². The van der Waals surface area contributed by atoms with Crippen molar-refractivity contribution in [3.05, 3.63) is 53.1 Å². The van der Waals surface area contributed by atoms with Crippen LogP contribution in [0.2, 0.25) is 0 Å². The largest absolute Gasteiger partial charge is 0.385 e. The zero-order valence-electron chi connectivity index (χ0n) is 19.9. The maximum Gasteiger partial charge on any atom is 0.0370 e. The predicted octanol–water partition coefficient (Wildman–Crippen LogP) is 9.04. The fraction of sp³-hybridized carbons (Fsp3) is 0.586. The van der Waals surface area contributed by atoms with Crippen LogP contribution < -0.4 is 5.32 Å². The van der Waals surface area contributed by atoms with Crippen LogP contribution in [-0.2, 0) is 0 Å². The van der Waals surface area contributed by atoms with E-state index in [-0.39, 0.29) is 0 Å². The van der Waals surface area contributed by atoms with Gasteiger partial charge in [-0.05, 0) is 97.7 Å². The molecule has 0 unspecified atom stereocenters. The Balaban J connectivity index is 1.62. The van der Waals surface area contributed by atoms with Crippen molar-refractivity contribution in [2.75, 3.05) is 11.9 Å². The average molecular weight is 406 g/mol. The SMILES string of the molecule is CCCCCC1CCC(c2ccc(-c3ccc(NCCCC)c(C)c3)cc2C)CC1. The number of benzene rings is 2. The molecule has 0 amide bonds. The summed E-state index contributed by atoms with van der Waals surface area (Å²) in [5, 5.41) is 3.58. The second-order valence-corrected chi connectivity index (χ2v) is 9.59. The van der Waals surface area contributed by atoms with Crippen molar-refractivity contribution in [1.82, 2.24) is 0 Å². The van der Waals surface area contributed by atoms with Gasteiger partial charge in [0.15, 0.2) is 0 Å². The van der Waals surface area contributed by atoms with Gasteiger partial charge in [-0.25, -0.2) is 0 Å². The summed E-state index contributed by atoms with van der Waals surface area (Å²) in [4.78, 5) is 0. The van der Waals surface area contributed by atoms with E-state index in [2.05, 4.69) is 69.4 Å². The average Bonchev–Trinajstić information content (AvgIpc) is 2.76. The smallest absolute Gasteiger partial charge is 0.0370 e. The Bertz CT molecular complexity index is 783. The summed E-state index contributed by atoms with van der Waals surface area (Å²) >= 11 is 0. The van der Waals surface area contributed by atoms with Crippen molar-refractivity contribution in [2.45, 2.75) is 97.8 Å². The van der Waals surface area contributed by atoms with Gasteiger partial charge in [0, 0.05) is 12.2 Å². The summed E-state index contributed by atoms with van der Waals surface area (Å²) in [6.07, 6.45) is 13.7. The first-order chi connectivity index (χ1) is 14.6. The second kappa shape index (κ2) is 11.6. The number of hydrogen-bond donors (Lipinski definition) is 1. The van der Waals surface area contributed by atoms with Gasteiger partial charge in [-0.2, -0.15) is 0 Å². The fourth-order valence-corrected chi connectivity index (χ4v) is 5.20. The van der Waals surface area contributed by atoms with Crippen LogP contribution in [0, 0.1) is 19.8 Å². The maximum atomic E-state index is 3.58. The quantitative estimate of drug-likeness (QED) is 0.389. The lowest BCUT2D eigenvalue weighted by Crippen LogP contribution is -2.14. The summed E-state index contributed by atoms with van der Waals surface area (Å²) in [7, 11) is 0. The highest BCUT2D eigenvalue weighted by atomic mass is 14.9. The third-order valence-corrected chi connectivity index (χ3v) is 7.18. The van der Waals surface area contributed by atoms with Gasteiger partial charge < -0.3 is 5.32 Å². The summed E-state index contributed by atoms with van der Waals surface area (Å²) in [6.45, 7) is 10.1. The normalized spacial score (nSPS) is 19.1. The van der Waals surface area contributed by atoms with E-state index in [9.17, 15) is 0 Å². The molecule has 0 aliphatic heterocycles. The van der Waals surface area contributed by atoms with Crippen LogP contribution in [0.3, 0.4) is 0 Å². The molecule has 0 radical (unpaired) electrons. The van der Waals surface area contributed by atoms with Crippen LogP contribution >= 0.6 is 0 Å². The van der Waals surface area contributed by atoms with Crippen LogP contribution in [0.15, 0.2) is 36.4 Å². The van der Waals surface area contributed by atoms with Crippen LogP contribution in [0.4, 0.5) is 5.69 Å². The molecule has 0 bridgehead atoms. The van der Waals surface area contributed by atoms with Crippen LogP contribution in [0.5, 0.6) is 0 Å². The molecule has 1 heteroatoms. The Hall–Kier alpha value is -1.76. The summed E-state index contributed by atoms with van der Waals surface area (Å²) in [5.41, 5.74) is 8.38. The number of aryl methyl sites for hydroxylation is 2. The monoisotopic (exact) mass is 405 g/mol. The van der Waals surface area contributed by atoms with Crippen molar-refractivity contribution >= 4 is 5.69 Å². The second-order valence-electron chi connectivity index (χ2n) is 9.59. The molecule has 1 N–H and O–H groups in total. The fourth-order valence-electron chi connectivity index (χ4n) is 5.20. The van der Waals surface area contributed by atoms with Gasteiger partial charge in [-0.15, -0.1) is 0 Å². The van der Waals surface area contributed by atoms with Gasteiger partial charge in [0.1, 0.15) is 0 Å². The molecule has 1 nitrogen and oxygen atoms in total. The van der Waals surface area contributed by atoms with E-state index in [0.29, 0.717) is 0 Å². The Morgan fingerprint density at radius 3 is 2.07 bits per heavy atom. The molecule has 0 atom stereocenters. The van der Waals surface area contributed by atoms with E-state index in [1.165, 1.54) is 92.1 Å². The van der Waals surface area contributed by atoms with Crippen molar-refractivity contribution in [3.63, 3.8) is 0 Å². The number of unbranched alkanes of at least 4 members (excludes halogenated alkanes) is 3. The first-order valence-corrected chi connectivity index (χ1v) is 12.6. The minimum Gasteiger partial charge on any atom is -0.385 e. The highest BCUT2D eigenvalue weighted by molar-refractivity contribution is 5.69. The molecule has 2 aromatic carbocycles. The maximum absolute atomic E-state index is 3.58. The van der Waals surface area contributed by atoms with Crippen LogP contribution in [0.1, 0.15) is 101 Å². The number of nitrogens with one attached hydrogen (secondary N) is 1. The van der Waals surface area contributed by atoms with Gasteiger partial charge in [0.2, 0.25) is 0 Å². The minimum absolute atomic E-state index is 0.772. The Morgan fingerprint density at radius 1 is 0.767 bits per heavy atom. The lowest BCUT2D eigenvalue weighted by molar-refractivity contribution is 0.302. The van der Waals surface area contributed by atoms with Crippen LogP contribution in [0.25, 0.3) is 11.1 Å². The zero-order chi connectivity index (χ0) is 21.3. The van der Waals surface area contributed by atoms with Crippen LogP contribution in [-0.4, -0.2) is 6.54 Å². The van der Waals surface area contributed by atoms with E-state index in [0.717, 1.165) is 18.4 Å². The van der Waals surface area contributed by atoms with E-state index >= 15 is 0 Å². The van der Waals surface area contributed by atoms with Gasteiger partial charge in [0.05, 0.1) is 0 Å². The van der Waals surface area contributed by atoms with Crippen molar-refractivity contribution in [1.29, 1.82) is 0 Å². The molecule has 1 fully saturated rings. The van der Waals surface area contributed by atoms with Gasteiger partial charge in [-0.1, -0.05) is 70.2 Å². The molecule has 0 heterocycles. The van der Waals surface area contributed by atoms with Crippen molar-refractivity contribution in [3.8, 4) is 11.1 Å². The zero-order valence-corrected chi connectivity index (χ0v) is 19.9. The summed E-state index contributed by atoms with van der Waals surface area (Å²) < 4.78 is 0. The summed E-state index contributed by atoms with van der Waals surface area (Å²) in [6, 6.07) is 14.1. The third kappa shape index (κ3) is 6.13.